The number of amides is 2. The normalized spacial score (nSPS) is 11.7. The fraction of sp³-hybridized carbons (Fsp3) is 0.742. The van der Waals surface area contributed by atoms with Gasteiger partial charge in [-0.3, -0.25) is 9.59 Å². The van der Waals surface area contributed by atoms with Crippen LogP contribution in [0.4, 0.5) is 0 Å². The first kappa shape index (κ1) is 34.9. The molecule has 0 radical (unpaired) electrons. The fourth-order valence-electron chi connectivity index (χ4n) is 4.35. The lowest BCUT2D eigenvalue weighted by molar-refractivity contribution is -0.139. The van der Waals surface area contributed by atoms with Crippen LogP contribution in [-0.2, 0) is 9.59 Å². The number of unbranched alkanes of at least 4 members (excludes halogenated alkanes) is 13. The van der Waals surface area contributed by atoms with E-state index in [-0.39, 0.29) is 11.5 Å². The van der Waals surface area contributed by atoms with Crippen molar-refractivity contribution in [1.29, 1.82) is 0 Å². The van der Waals surface area contributed by atoms with Crippen LogP contribution in [0.3, 0.4) is 0 Å². The predicted molar refractivity (Wildman–Crippen MR) is 163 cm³/mol. The van der Waals surface area contributed by atoms with Crippen molar-refractivity contribution >= 4 is 23.6 Å². The number of benzene rings is 1. The molecule has 0 spiro atoms. The summed E-state index contributed by atoms with van der Waals surface area (Å²) in [6.45, 7) is 5.60. The van der Waals surface area contributed by atoms with Crippen molar-refractivity contribution in [2.24, 2.45) is 0 Å². The molecule has 0 fully saturated rings. The maximum atomic E-state index is 11.9. The molecule has 2 amide bonds. The molecule has 0 aromatic heterocycles. The van der Waals surface area contributed by atoms with Gasteiger partial charge in [-0.2, -0.15) is 11.8 Å². The number of aromatic hydroxyl groups is 2. The van der Waals surface area contributed by atoms with Gasteiger partial charge in [-0.1, -0.05) is 104 Å². The van der Waals surface area contributed by atoms with Gasteiger partial charge in [0.2, 0.25) is 0 Å². The smallest absolute Gasteiger partial charge is 0.309 e. The Hall–Kier alpha value is -2.09. The first-order valence-electron chi connectivity index (χ1n) is 15.3. The monoisotopic (exact) mass is 566 g/mol. The molecule has 1 aromatic carbocycles. The summed E-state index contributed by atoms with van der Waals surface area (Å²) in [5.74, 6) is -0.493. The minimum Gasteiger partial charge on any atom is -0.504 e. The van der Waals surface area contributed by atoms with Crippen LogP contribution in [0.1, 0.15) is 117 Å². The van der Waals surface area contributed by atoms with Crippen molar-refractivity contribution in [1.82, 2.24) is 10.6 Å². The minimum atomic E-state index is -0.641. The Kier molecular flexibility index (Phi) is 21.3. The van der Waals surface area contributed by atoms with E-state index in [1.807, 2.05) is 11.8 Å². The van der Waals surface area contributed by atoms with Crippen molar-refractivity contribution in [3.05, 3.63) is 18.2 Å². The van der Waals surface area contributed by atoms with Gasteiger partial charge in [0.15, 0.2) is 11.5 Å². The Balaban J connectivity index is 1.88. The van der Waals surface area contributed by atoms with Gasteiger partial charge in [0.1, 0.15) is 5.75 Å². The zero-order chi connectivity index (χ0) is 28.6. The summed E-state index contributed by atoms with van der Waals surface area (Å²) in [4.78, 5) is 23.9. The third-order valence-electron chi connectivity index (χ3n) is 6.78. The molecule has 4 N–H and O–H groups in total. The number of phenolic OH excluding ortho intramolecular Hbond substituents is 2. The van der Waals surface area contributed by atoms with E-state index in [0.717, 1.165) is 5.75 Å². The Bertz CT molecular complexity index is 777. The first-order valence-corrected chi connectivity index (χ1v) is 16.3. The second kappa shape index (κ2) is 23.8. The Morgan fingerprint density at radius 3 is 1.87 bits per heavy atom. The maximum Gasteiger partial charge on any atom is 0.309 e. The molecule has 0 bridgehead atoms. The molecular weight excluding hydrogens is 512 g/mol. The molecule has 0 saturated heterocycles. The van der Waals surface area contributed by atoms with Gasteiger partial charge >= 0.3 is 11.8 Å². The number of carbonyl (C=O) groups excluding carboxylic acids is 2. The number of ether oxygens (including phenoxy) is 1. The fourth-order valence-corrected chi connectivity index (χ4v) is 5.31. The van der Waals surface area contributed by atoms with E-state index in [1.165, 1.54) is 108 Å². The summed E-state index contributed by atoms with van der Waals surface area (Å²) >= 11 is 1.84. The SMILES string of the molecule is CCCCCCCCCCCCCCCCC(C)SCCNC(=O)C(=O)NCCCOc1ccc(O)c(O)c1. The van der Waals surface area contributed by atoms with Crippen molar-refractivity contribution in [2.45, 2.75) is 122 Å². The molecule has 0 aliphatic carbocycles. The van der Waals surface area contributed by atoms with E-state index in [9.17, 15) is 19.8 Å². The lowest BCUT2D eigenvalue weighted by Gasteiger charge is -2.12. The number of hydrogen-bond acceptors (Lipinski definition) is 6. The molecule has 1 aromatic rings. The molecular formula is C31H54N2O5S. The molecule has 0 saturated carbocycles. The highest BCUT2D eigenvalue weighted by molar-refractivity contribution is 7.99. The predicted octanol–water partition coefficient (Wildman–Crippen LogP) is 7.09. The average molecular weight is 567 g/mol. The zero-order valence-corrected chi connectivity index (χ0v) is 25.3. The van der Waals surface area contributed by atoms with E-state index >= 15 is 0 Å². The van der Waals surface area contributed by atoms with Gasteiger partial charge in [-0.25, -0.2) is 0 Å². The summed E-state index contributed by atoms with van der Waals surface area (Å²) < 4.78 is 5.44. The maximum absolute atomic E-state index is 11.9. The van der Waals surface area contributed by atoms with Gasteiger partial charge in [0, 0.05) is 30.2 Å². The Morgan fingerprint density at radius 1 is 0.769 bits per heavy atom. The lowest BCUT2D eigenvalue weighted by Crippen LogP contribution is -2.41. The number of nitrogens with one attached hydrogen (secondary N) is 2. The lowest BCUT2D eigenvalue weighted by atomic mass is 10.0. The summed E-state index contributed by atoms with van der Waals surface area (Å²) in [5, 5.41) is 24.6. The van der Waals surface area contributed by atoms with Crippen molar-refractivity contribution in [3.63, 3.8) is 0 Å². The largest absolute Gasteiger partial charge is 0.504 e. The van der Waals surface area contributed by atoms with E-state index < -0.39 is 11.8 Å². The third-order valence-corrected chi connectivity index (χ3v) is 8.03. The second-order valence-corrected chi connectivity index (χ2v) is 12.0. The summed E-state index contributed by atoms with van der Waals surface area (Å²) in [7, 11) is 0. The molecule has 1 atom stereocenters. The molecule has 0 aliphatic rings. The highest BCUT2D eigenvalue weighted by atomic mass is 32.2. The highest BCUT2D eigenvalue weighted by Gasteiger charge is 2.12. The van der Waals surface area contributed by atoms with Gasteiger partial charge in [-0.15, -0.1) is 0 Å². The molecule has 0 heterocycles. The molecule has 8 heteroatoms. The molecule has 1 rings (SSSR count). The van der Waals surface area contributed by atoms with Gasteiger partial charge < -0.3 is 25.6 Å². The van der Waals surface area contributed by atoms with Crippen LogP contribution in [0.25, 0.3) is 0 Å². The van der Waals surface area contributed by atoms with Crippen LogP contribution in [0.5, 0.6) is 17.2 Å². The number of carbonyl (C=O) groups is 2. The van der Waals surface area contributed by atoms with Gasteiger partial charge in [-0.05, 0) is 25.0 Å². The van der Waals surface area contributed by atoms with E-state index in [2.05, 4.69) is 24.5 Å². The average Bonchev–Trinajstić information content (AvgIpc) is 2.92. The standard InChI is InChI=1S/C31H54N2O5S/c1-3-4-5-6-7-8-9-10-11-12-13-14-15-16-18-26(2)39-24-22-33-31(37)30(36)32-21-17-23-38-27-19-20-28(34)29(35)25-27/h19-20,25-26,34-35H,3-18,21-24H2,1-2H3,(H,32,36)(H,33,37). The van der Waals surface area contributed by atoms with Crippen LogP contribution in [0.15, 0.2) is 18.2 Å². The van der Waals surface area contributed by atoms with Gasteiger partial charge in [0.25, 0.3) is 0 Å². The summed E-state index contributed by atoms with van der Waals surface area (Å²) in [5.41, 5.74) is 0. The van der Waals surface area contributed by atoms with Crippen molar-refractivity contribution < 1.29 is 24.5 Å². The van der Waals surface area contributed by atoms with E-state index in [0.29, 0.717) is 37.1 Å². The minimum absolute atomic E-state index is 0.210. The van der Waals surface area contributed by atoms with Crippen molar-refractivity contribution in [2.75, 3.05) is 25.4 Å². The molecule has 7 nitrogen and oxygen atoms in total. The third kappa shape index (κ3) is 19.6. The number of thioether (sulfide) groups is 1. The van der Waals surface area contributed by atoms with E-state index in [1.54, 1.807) is 6.07 Å². The number of rotatable bonds is 24. The Labute approximate surface area is 241 Å². The second-order valence-electron chi connectivity index (χ2n) is 10.4. The van der Waals surface area contributed by atoms with Crippen LogP contribution in [-0.4, -0.2) is 52.7 Å². The van der Waals surface area contributed by atoms with Crippen LogP contribution < -0.4 is 15.4 Å². The molecule has 0 aliphatic heterocycles. The first-order chi connectivity index (χ1) is 18.9. The molecule has 224 valence electrons. The van der Waals surface area contributed by atoms with Crippen LogP contribution in [0.2, 0.25) is 0 Å². The van der Waals surface area contributed by atoms with Crippen LogP contribution in [0, 0.1) is 0 Å². The highest BCUT2D eigenvalue weighted by Crippen LogP contribution is 2.28. The Morgan fingerprint density at radius 2 is 1.31 bits per heavy atom. The number of hydrogen-bond donors (Lipinski definition) is 4. The van der Waals surface area contributed by atoms with Gasteiger partial charge in [0.05, 0.1) is 6.61 Å². The van der Waals surface area contributed by atoms with E-state index in [4.69, 9.17) is 4.74 Å². The molecule has 39 heavy (non-hydrogen) atoms. The van der Waals surface area contributed by atoms with Crippen molar-refractivity contribution in [3.8, 4) is 17.2 Å². The summed E-state index contributed by atoms with van der Waals surface area (Å²) in [6, 6.07) is 4.20. The molecule has 1 unspecified atom stereocenters. The number of phenols is 2. The van der Waals surface area contributed by atoms with Crippen LogP contribution >= 0.6 is 11.8 Å². The quantitative estimate of drug-likeness (QED) is 0.0604. The zero-order valence-electron chi connectivity index (χ0n) is 24.5. The topological polar surface area (TPSA) is 108 Å². The summed E-state index contributed by atoms with van der Waals surface area (Å²) in [6.07, 6.45) is 21.0.